The molecule has 2 aromatic rings. The average Bonchev–Trinajstić information content (AvgIpc) is 2.81. The van der Waals surface area contributed by atoms with Crippen LogP contribution in [0.5, 0.6) is 0 Å². The molecule has 0 spiro atoms. The van der Waals surface area contributed by atoms with Gasteiger partial charge >= 0.3 is 0 Å². The third kappa shape index (κ3) is 2.04. The van der Waals surface area contributed by atoms with Crippen molar-refractivity contribution in [1.82, 2.24) is 0 Å². The molecule has 2 heterocycles. The van der Waals surface area contributed by atoms with Crippen molar-refractivity contribution >= 4 is 22.0 Å². The van der Waals surface area contributed by atoms with Gasteiger partial charge in [-0.2, -0.15) is 0 Å². The van der Waals surface area contributed by atoms with Gasteiger partial charge in [-0.1, -0.05) is 18.2 Å². The minimum atomic E-state index is 0.749. The van der Waals surface area contributed by atoms with Crippen molar-refractivity contribution < 1.29 is 0 Å². The Kier molecular flexibility index (Phi) is 3.35. The second kappa shape index (κ2) is 5.12. The number of thiophene rings is 1. The molecule has 2 nitrogen and oxygen atoms in total. The predicted molar refractivity (Wildman–Crippen MR) is 78.8 cm³/mol. The Bertz CT molecular complexity index is 533. The Balaban J connectivity index is 2.05. The lowest BCUT2D eigenvalue weighted by atomic mass is 10.1. The van der Waals surface area contributed by atoms with Crippen LogP contribution in [-0.4, -0.2) is 13.1 Å². The van der Waals surface area contributed by atoms with E-state index in [0.29, 0.717) is 0 Å². The third-order valence-electron chi connectivity index (χ3n) is 3.50. The summed E-state index contributed by atoms with van der Waals surface area (Å²) in [6.07, 6.45) is 3.32. The third-order valence-corrected chi connectivity index (χ3v) is 4.48. The van der Waals surface area contributed by atoms with Gasteiger partial charge in [0, 0.05) is 12.2 Å². The fraction of sp³-hybridized carbons (Fsp3) is 0.333. The summed E-state index contributed by atoms with van der Waals surface area (Å²) in [4.78, 5) is 2.45. The largest absolute Gasteiger partial charge is 0.333 e. The first-order valence-electron chi connectivity index (χ1n) is 6.52. The first-order valence-corrected chi connectivity index (χ1v) is 7.40. The molecule has 0 aliphatic carbocycles. The van der Waals surface area contributed by atoms with Crippen molar-refractivity contribution in [2.75, 3.05) is 18.0 Å². The zero-order chi connectivity index (χ0) is 12.4. The molecule has 18 heavy (non-hydrogen) atoms. The zero-order valence-corrected chi connectivity index (χ0v) is 11.2. The maximum atomic E-state index is 5.68. The van der Waals surface area contributed by atoms with E-state index >= 15 is 0 Å². The van der Waals surface area contributed by atoms with Crippen molar-refractivity contribution in [1.29, 1.82) is 0 Å². The first kappa shape index (κ1) is 11.8. The van der Waals surface area contributed by atoms with Crippen LogP contribution in [0.25, 0.3) is 0 Å². The summed E-state index contributed by atoms with van der Waals surface area (Å²) < 4.78 is 0. The first-order chi connectivity index (χ1) is 8.90. The molecule has 1 aromatic carbocycles. The summed E-state index contributed by atoms with van der Waals surface area (Å²) in [6.45, 7) is 1.76. The number of anilines is 2. The molecule has 0 atom stereocenters. The van der Waals surface area contributed by atoms with Crippen molar-refractivity contribution in [2.24, 2.45) is 5.73 Å². The lowest BCUT2D eigenvalue weighted by Crippen LogP contribution is -2.20. The van der Waals surface area contributed by atoms with Gasteiger partial charge in [-0.15, -0.1) is 11.3 Å². The Hall–Kier alpha value is -1.32. The maximum absolute atomic E-state index is 5.68. The normalized spacial score (nSPS) is 13.9. The molecule has 0 amide bonds. The maximum Gasteiger partial charge on any atom is 0.0986 e. The van der Waals surface area contributed by atoms with Crippen LogP contribution in [0, 0.1) is 0 Å². The van der Waals surface area contributed by atoms with Crippen LogP contribution in [0.15, 0.2) is 35.7 Å². The molecule has 0 bridgehead atoms. The molecule has 2 N–H and O–H groups in total. The van der Waals surface area contributed by atoms with Gasteiger partial charge in [-0.05, 0) is 54.4 Å². The molecular weight excluding hydrogens is 240 g/mol. The van der Waals surface area contributed by atoms with Crippen LogP contribution in [0.2, 0.25) is 0 Å². The number of hydrogen-bond donors (Lipinski definition) is 1. The van der Waals surface area contributed by atoms with E-state index < -0.39 is 0 Å². The van der Waals surface area contributed by atoms with Crippen molar-refractivity contribution in [3.63, 3.8) is 0 Å². The molecule has 94 valence electrons. The summed E-state index contributed by atoms with van der Waals surface area (Å²) in [5.41, 5.74) is 9.98. The fourth-order valence-corrected chi connectivity index (χ4v) is 3.59. The minimum Gasteiger partial charge on any atom is -0.333 e. The van der Waals surface area contributed by atoms with E-state index in [4.69, 9.17) is 5.73 Å². The summed E-state index contributed by atoms with van der Waals surface area (Å²) in [5.74, 6) is 0. The van der Waals surface area contributed by atoms with E-state index in [0.717, 1.165) is 32.4 Å². The number of nitrogens with zero attached hydrogens (tertiary/aromatic N) is 1. The van der Waals surface area contributed by atoms with Crippen LogP contribution in [0.4, 0.5) is 10.7 Å². The summed E-state index contributed by atoms with van der Waals surface area (Å²) in [7, 11) is 0. The van der Waals surface area contributed by atoms with Crippen LogP contribution < -0.4 is 10.6 Å². The standard InChI is InChI=1S/C15H18N2S/c16-9-3-10-17-14-5-2-1-4-12(14)6-7-13-8-11-18-15(13)17/h1-2,4-5,8,11H,3,6-7,9-10,16H2. The van der Waals surface area contributed by atoms with E-state index in [1.165, 1.54) is 21.8 Å². The quantitative estimate of drug-likeness (QED) is 0.915. The highest BCUT2D eigenvalue weighted by atomic mass is 32.1. The number of nitrogens with two attached hydrogens (primary N) is 1. The lowest BCUT2D eigenvalue weighted by Gasteiger charge is -2.24. The van der Waals surface area contributed by atoms with Gasteiger partial charge in [0.05, 0.1) is 5.00 Å². The summed E-state index contributed by atoms with van der Waals surface area (Å²) in [5, 5.41) is 3.61. The molecule has 3 rings (SSSR count). The van der Waals surface area contributed by atoms with Crippen molar-refractivity contribution in [3.8, 4) is 0 Å². The molecule has 1 aromatic heterocycles. The van der Waals surface area contributed by atoms with Crippen LogP contribution in [0.1, 0.15) is 17.5 Å². The number of benzene rings is 1. The molecule has 1 aliphatic rings. The van der Waals surface area contributed by atoms with Gasteiger partial charge in [-0.25, -0.2) is 0 Å². The Morgan fingerprint density at radius 2 is 1.94 bits per heavy atom. The fourth-order valence-electron chi connectivity index (χ4n) is 2.59. The average molecular weight is 258 g/mol. The van der Waals surface area contributed by atoms with E-state index in [1.807, 2.05) is 11.3 Å². The second-order valence-corrected chi connectivity index (χ2v) is 5.57. The monoisotopic (exact) mass is 258 g/mol. The van der Waals surface area contributed by atoms with Gasteiger partial charge in [0.25, 0.3) is 0 Å². The number of rotatable bonds is 3. The van der Waals surface area contributed by atoms with Gasteiger partial charge < -0.3 is 10.6 Å². The molecule has 0 saturated carbocycles. The number of aryl methyl sites for hydroxylation is 2. The smallest absolute Gasteiger partial charge is 0.0986 e. The number of para-hydroxylation sites is 1. The lowest BCUT2D eigenvalue weighted by molar-refractivity contribution is 0.820. The molecule has 0 fully saturated rings. The van der Waals surface area contributed by atoms with Gasteiger partial charge in [0.2, 0.25) is 0 Å². The topological polar surface area (TPSA) is 29.3 Å². The molecule has 3 heteroatoms. The Morgan fingerprint density at radius 1 is 1.11 bits per heavy atom. The number of hydrogen-bond acceptors (Lipinski definition) is 3. The van der Waals surface area contributed by atoms with Gasteiger partial charge in [0.15, 0.2) is 0 Å². The SMILES string of the molecule is NCCCN1c2ccccc2CCc2ccsc21. The van der Waals surface area contributed by atoms with E-state index in [9.17, 15) is 0 Å². The van der Waals surface area contributed by atoms with E-state index in [-0.39, 0.29) is 0 Å². The minimum absolute atomic E-state index is 0.749. The van der Waals surface area contributed by atoms with Crippen LogP contribution in [0.3, 0.4) is 0 Å². The van der Waals surface area contributed by atoms with Crippen LogP contribution in [-0.2, 0) is 12.8 Å². The second-order valence-electron chi connectivity index (χ2n) is 4.67. The highest BCUT2D eigenvalue weighted by Gasteiger charge is 2.20. The van der Waals surface area contributed by atoms with Crippen molar-refractivity contribution in [3.05, 3.63) is 46.8 Å². The molecule has 0 radical (unpaired) electrons. The number of fused-ring (bicyclic) bond motifs is 2. The van der Waals surface area contributed by atoms with Crippen LogP contribution >= 0.6 is 11.3 Å². The highest BCUT2D eigenvalue weighted by Crippen LogP contribution is 2.39. The molecule has 0 saturated heterocycles. The Morgan fingerprint density at radius 3 is 2.83 bits per heavy atom. The zero-order valence-electron chi connectivity index (χ0n) is 10.4. The summed E-state index contributed by atoms with van der Waals surface area (Å²) >= 11 is 1.85. The Labute approximate surface area is 112 Å². The highest BCUT2D eigenvalue weighted by molar-refractivity contribution is 7.14. The van der Waals surface area contributed by atoms with Crippen molar-refractivity contribution in [2.45, 2.75) is 19.3 Å². The molecular formula is C15H18N2S. The molecule has 0 unspecified atom stereocenters. The van der Waals surface area contributed by atoms with E-state index in [1.54, 1.807) is 0 Å². The predicted octanol–water partition coefficient (Wildman–Crippen LogP) is 3.33. The van der Waals surface area contributed by atoms with E-state index in [2.05, 4.69) is 40.6 Å². The molecule has 1 aliphatic heterocycles. The van der Waals surface area contributed by atoms with Gasteiger partial charge in [0.1, 0.15) is 0 Å². The summed E-state index contributed by atoms with van der Waals surface area (Å²) in [6, 6.07) is 11.0. The van der Waals surface area contributed by atoms with Gasteiger partial charge in [-0.3, -0.25) is 0 Å².